The summed E-state index contributed by atoms with van der Waals surface area (Å²) in [6.45, 7) is 20.2. The zero-order valence-corrected chi connectivity index (χ0v) is 28.0. The fourth-order valence-electron chi connectivity index (χ4n) is 9.71. The maximum Gasteiger partial charge on any atom is 0.311 e. The first-order valence-electron chi connectivity index (χ1n) is 16.6. The van der Waals surface area contributed by atoms with E-state index < -0.39 is 9.04 Å². The third kappa shape index (κ3) is 6.05. The molecule has 0 N–H and O–H groups in total. The van der Waals surface area contributed by atoms with Crippen LogP contribution >= 0.6 is 0 Å². The Morgan fingerprint density at radius 3 is 2.28 bits per heavy atom. The zero-order valence-electron chi connectivity index (χ0n) is 26.8. The van der Waals surface area contributed by atoms with Gasteiger partial charge in [-0.25, -0.2) is 0 Å². The molecule has 4 nitrogen and oxygen atoms in total. The molecule has 8 unspecified atom stereocenters. The quantitative estimate of drug-likeness (QED) is 0.209. The van der Waals surface area contributed by atoms with Crippen LogP contribution in [0.2, 0.25) is 12.1 Å². The van der Waals surface area contributed by atoms with Crippen molar-refractivity contribution in [3.05, 3.63) is 0 Å². The summed E-state index contributed by atoms with van der Waals surface area (Å²) < 4.78 is 11.9. The predicted molar refractivity (Wildman–Crippen MR) is 162 cm³/mol. The summed E-state index contributed by atoms with van der Waals surface area (Å²) in [6.07, 6.45) is 13.9. The molecule has 39 heavy (non-hydrogen) atoms. The standard InChI is InChI=1S/C34H60O4Si/c1-10-32(5,6)31(36)37-25-17-19-33(7)24(21-25)12-13-26-28-15-14-27(34(28,8)20-18-29(26)33)23(4)11-16-30(35)38-39(9)22(2)3/h22-29,39H,10-21H2,1-9H3/t23?,24?,25?,26?,27?,28?,29?,33-,34+,39?/m0/s1. The fraction of sp³-hybridized carbons (Fsp3) is 0.941. The molecular weight excluding hydrogens is 500 g/mol. The SMILES string of the molecule is CCC(C)(C)C(=O)OC1CC[C@@]2(C)C(CCC3C4CCC(C(C)CCC(=O)O[SiH](C)C(C)C)[C@@]4(C)CCC32)C1. The van der Waals surface area contributed by atoms with Gasteiger partial charge in [-0.2, -0.15) is 0 Å². The van der Waals surface area contributed by atoms with E-state index in [4.69, 9.17) is 9.16 Å². The molecule has 4 fully saturated rings. The van der Waals surface area contributed by atoms with Crippen molar-refractivity contribution in [3.63, 3.8) is 0 Å². The maximum absolute atomic E-state index is 12.8. The van der Waals surface area contributed by atoms with Crippen molar-refractivity contribution in [1.29, 1.82) is 0 Å². The van der Waals surface area contributed by atoms with Gasteiger partial charge in [0.1, 0.15) is 6.10 Å². The molecule has 0 radical (unpaired) electrons. The van der Waals surface area contributed by atoms with Gasteiger partial charge in [-0.15, -0.1) is 0 Å². The van der Waals surface area contributed by atoms with Crippen molar-refractivity contribution in [3.8, 4) is 0 Å². The Labute approximate surface area is 241 Å². The Balaban J connectivity index is 1.36. The minimum atomic E-state index is -1.39. The summed E-state index contributed by atoms with van der Waals surface area (Å²) in [5.41, 5.74) is 0.951. The van der Waals surface area contributed by atoms with E-state index in [0.29, 0.717) is 34.6 Å². The lowest BCUT2D eigenvalue weighted by molar-refractivity contribution is -0.171. The Morgan fingerprint density at radius 2 is 1.62 bits per heavy atom. The first-order valence-corrected chi connectivity index (χ1v) is 18.9. The normalized spacial score (nSPS) is 39.7. The van der Waals surface area contributed by atoms with Crippen molar-refractivity contribution in [2.75, 3.05) is 0 Å². The van der Waals surface area contributed by atoms with Crippen LogP contribution in [0.15, 0.2) is 0 Å². The Morgan fingerprint density at radius 1 is 0.949 bits per heavy atom. The lowest BCUT2D eigenvalue weighted by atomic mass is 9.44. The zero-order chi connectivity index (χ0) is 28.8. The average Bonchev–Trinajstić information content (AvgIpc) is 3.24. The lowest BCUT2D eigenvalue weighted by Gasteiger charge is -2.61. The lowest BCUT2D eigenvalue weighted by Crippen LogP contribution is -2.54. The van der Waals surface area contributed by atoms with Crippen molar-refractivity contribution in [1.82, 2.24) is 0 Å². The van der Waals surface area contributed by atoms with Crippen LogP contribution in [0, 0.1) is 51.8 Å². The second-order valence-corrected chi connectivity index (χ2v) is 18.9. The molecule has 10 atom stereocenters. The van der Waals surface area contributed by atoms with Crippen molar-refractivity contribution >= 4 is 21.0 Å². The Bertz CT molecular complexity index is 884. The molecular formula is C34H60O4Si. The molecule has 0 heterocycles. The summed E-state index contributed by atoms with van der Waals surface area (Å²) in [5, 5.41) is 0. The van der Waals surface area contributed by atoms with Gasteiger partial charge in [0.2, 0.25) is 9.04 Å². The number of carbonyl (C=O) groups excluding carboxylic acids is 2. The summed E-state index contributed by atoms with van der Waals surface area (Å²) in [5.74, 6) is 4.57. The van der Waals surface area contributed by atoms with Crippen molar-refractivity contribution < 1.29 is 18.8 Å². The third-order valence-corrected chi connectivity index (χ3v) is 15.7. The van der Waals surface area contributed by atoms with E-state index in [0.717, 1.165) is 49.4 Å². The van der Waals surface area contributed by atoms with Gasteiger partial charge in [0, 0.05) is 6.42 Å². The number of hydrogen-bond donors (Lipinski definition) is 0. The molecule has 224 valence electrons. The van der Waals surface area contributed by atoms with Crippen LogP contribution in [0.3, 0.4) is 0 Å². The van der Waals surface area contributed by atoms with Gasteiger partial charge in [-0.3, -0.25) is 9.59 Å². The van der Waals surface area contributed by atoms with Crippen molar-refractivity contribution in [2.45, 2.75) is 151 Å². The topological polar surface area (TPSA) is 52.6 Å². The molecule has 4 rings (SSSR count). The van der Waals surface area contributed by atoms with E-state index in [1.807, 2.05) is 13.8 Å². The summed E-state index contributed by atoms with van der Waals surface area (Å²) in [7, 11) is -1.39. The van der Waals surface area contributed by atoms with E-state index in [9.17, 15) is 9.59 Å². The Kier molecular flexibility index (Phi) is 9.41. The first kappa shape index (κ1) is 31.1. The third-order valence-electron chi connectivity index (χ3n) is 13.1. The minimum Gasteiger partial charge on any atom is -0.522 e. The second-order valence-electron chi connectivity index (χ2n) is 15.9. The van der Waals surface area contributed by atoms with E-state index in [-0.39, 0.29) is 23.5 Å². The molecule has 0 amide bonds. The molecule has 0 aliphatic heterocycles. The van der Waals surface area contributed by atoms with Gasteiger partial charge in [0.05, 0.1) is 5.41 Å². The molecule has 0 bridgehead atoms. The highest BCUT2D eigenvalue weighted by Crippen LogP contribution is 2.68. The molecule has 5 heteroatoms. The van der Waals surface area contributed by atoms with Crippen molar-refractivity contribution in [2.24, 2.45) is 51.8 Å². The molecule has 0 spiro atoms. The van der Waals surface area contributed by atoms with E-state index >= 15 is 0 Å². The number of rotatable bonds is 9. The van der Waals surface area contributed by atoms with Gasteiger partial charge in [-0.1, -0.05) is 41.5 Å². The van der Waals surface area contributed by atoms with Crippen LogP contribution in [0.5, 0.6) is 0 Å². The van der Waals surface area contributed by atoms with E-state index in [2.05, 4.69) is 48.1 Å². The molecule has 0 aromatic rings. The highest BCUT2D eigenvalue weighted by atomic mass is 28.3. The maximum atomic E-state index is 12.8. The van der Waals surface area contributed by atoms with Crippen LogP contribution in [-0.4, -0.2) is 27.1 Å². The van der Waals surface area contributed by atoms with Gasteiger partial charge in [0.25, 0.3) is 5.97 Å². The molecule has 4 saturated carbocycles. The molecule has 4 aliphatic carbocycles. The molecule has 0 aromatic carbocycles. The highest BCUT2D eigenvalue weighted by molar-refractivity contribution is 6.53. The van der Waals surface area contributed by atoms with Crippen LogP contribution < -0.4 is 0 Å². The van der Waals surface area contributed by atoms with Gasteiger partial charge in [0.15, 0.2) is 0 Å². The summed E-state index contributed by atoms with van der Waals surface area (Å²) in [4.78, 5) is 25.3. The molecule has 0 aromatic heterocycles. The summed E-state index contributed by atoms with van der Waals surface area (Å²) >= 11 is 0. The largest absolute Gasteiger partial charge is 0.522 e. The predicted octanol–water partition coefficient (Wildman–Crippen LogP) is 8.72. The van der Waals surface area contributed by atoms with Crippen LogP contribution in [0.1, 0.15) is 132 Å². The fourth-order valence-corrected chi connectivity index (χ4v) is 10.5. The molecule has 4 aliphatic rings. The van der Waals surface area contributed by atoms with Crippen LogP contribution in [-0.2, 0) is 18.8 Å². The summed E-state index contributed by atoms with van der Waals surface area (Å²) in [6, 6.07) is 0. The smallest absolute Gasteiger partial charge is 0.311 e. The van der Waals surface area contributed by atoms with E-state index in [1.54, 1.807) is 0 Å². The highest BCUT2D eigenvalue weighted by Gasteiger charge is 2.60. The Hall–Kier alpha value is -0.843. The van der Waals surface area contributed by atoms with Gasteiger partial charge >= 0.3 is 5.97 Å². The van der Waals surface area contributed by atoms with Gasteiger partial charge < -0.3 is 9.16 Å². The number of hydrogen-bond acceptors (Lipinski definition) is 4. The molecule has 0 saturated heterocycles. The van der Waals surface area contributed by atoms with Gasteiger partial charge in [-0.05, 0) is 143 Å². The van der Waals surface area contributed by atoms with Crippen LogP contribution in [0.4, 0.5) is 0 Å². The van der Waals surface area contributed by atoms with E-state index in [1.165, 1.54) is 44.9 Å². The number of fused-ring (bicyclic) bond motifs is 5. The monoisotopic (exact) mass is 560 g/mol. The first-order chi connectivity index (χ1) is 18.2. The number of ether oxygens (including phenoxy) is 1. The average molecular weight is 561 g/mol. The minimum absolute atomic E-state index is 0.00314. The number of esters is 1. The number of carbonyl (C=O) groups is 2. The van der Waals surface area contributed by atoms with Crippen LogP contribution in [0.25, 0.3) is 0 Å². The second kappa shape index (κ2) is 11.8.